The monoisotopic (exact) mass is 358 g/mol. The molecule has 4 rings (SSSR count). The molecule has 3 aromatic heterocycles. The summed E-state index contributed by atoms with van der Waals surface area (Å²) in [5, 5.41) is -0.0941. The number of nitrogens with zero attached hydrogens (tertiary/aromatic N) is 6. The minimum atomic E-state index is -3.38. The van der Waals surface area contributed by atoms with Crippen molar-refractivity contribution in [1.82, 2.24) is 29.2 Å². The quantitative estimate of drug-likeness (QED) is 0.639. The molecular formula is C16H18N6O2S. The van der Waals surface area contributed by atoms with Crippen LogP contribution in [-0.2, 0) is 29.3 Å². The first-order chi connectivity index (χ1) is 11.9. The fraction of sp³-hybridized carbons (Fsp3) is 0.375. The van der Waals surface area contributed by atoms with E-state index in [0.29, 0.717) is 18.7 Å². The fourth-order valence-corrected chi connectivity index (χ4v) is 3.64. The Morgan fingerprint density at radius 1 is 1.24 bits per heavy atom. The van der Waals surface area contributed by atoms with E-state index in [-0.39, 0.29) is 5.16 Å². The Labute approximate surface area is 145 Å². The number of aromatic nitrogens is 5. The van der Waals surface area contributed by atoms with Crippen LogP contribution < -0.4 is 0 Å². The molecule has 0 fully saturated rings. The molecule has 25 heavy (non-hydrogen) atoms. The normalized spacial score (nSPS) is 15.4. The Hall–Kier alpha value is -2.39. The predicted molar refractivity (Wildman–Crippen MR) is 90.7 cm³/mol. The molecule has 0 unspecified atom stereocenters. The Morgan fingerprint density at radius 2 is 2.08 bits per heavy atom. The zero-order valence-corrected chi connectivity index (χ0v) is 14.9. The van der Waals surface area contributed by atoms with Crippen LogP contribution in [0.5, 0.6) is 0 Å². The molecule has 0 aromatic carbocycles. The molecule has 0 spiro atoms. The fourth-order valence-electron chi connectivity index (χ4n) is 3.12. The van der Waals surface area contributed by atoms with E-state index in [0.717, 1.165) is 42.0 Å². The molecule has 130 valence electrons. The molecule has 1 aliphatic heterocycles. The number of rotatable bonds is 3. The van der Waals surface area contributed by atoms with E-state index in [4.69, 9.17) is 0 Å². The predicted octanol–water partition coefficient (Wildman–Crippen LogP) is 0.790. The van der Waals surface area contributed by atoms with Gasteiger partial charge in [-0.3, -0.25) is 9.30 Å². The van der Waals surface area contributed by atoms with Gasteiger partial charge in [-0.2, -0.15) is 0 Å². The van der Waals surface area contributed by atoms with Gasteiger partial charge in [0.25, 0.3) is 0 Å². The molecule has 8 nitrogen and oxygen atoms in total. The van der Waals surface area contributed by atoms with Crippen molar-refractivity contribution in [2.24, 2.45) is 0 Å². The minimum Gasteiger partial charge on any atom is -0.293 e. The highest BCUT2D eigenvalue weighted by Crippen LogP contribution is 2.21. The summed E-state index contributed by atoms with van der Waals surface area (Å²) in [6.07, 6.45) is 7.17. The maximum Gasteiger partial charge on any atom is 0.246 e. The van der Waals surface area contributed by atoms with E-state index in [1.54, 1.807) is 12.4 Å². The second kappa shape index (κ2) is 5.85. The van der Waals surface area contributed by atoms with E-state index in [9.17, 15) is 8.42 Å². The average Bonchev–Trinajstić information content (AvgIpc) is 2.89. The largest absolute Gasteiger partial charge is 0.293 e. The minimum absolute atomic E-state index is 0.0941. The van der Waals surface area contributed by atoms with E-state index >= 15 is 0 Å². The highest BCUT2D eigenvalue weighted by molar-refractivity contribution is 7.90. The first-order valence-corrected chi connectivity index (χ1v) is 9.87. The van der Waals surface area contributed by atoms with Crippen LogP contribution in [0.2, 0.25) is 0 Å². The topological polar surface area (TPSA) is 93.4 Å². The van der Waals surface area contributed by atoms with E-state index < -0.39 is 9.84 Å². The SMILES string of the molecule is Cc1nc2ncccn2c1CN1CCc2nc(S(C)(=O)=O)ncc2C1. The molecule has 0 saturated heterocycles. The molecule has 1 aliphatic rings. The van der Waals surface area contributed by atoms with Gasteiger partial charge in [0, 0.05) is 56.5 Å². The van der Waals surface area contributed by atoms with E-state index in [1.165, 1.54) is 0 Å². The molecule has 3 aromatic rings. The van der Waals surface area contributed by atoms with Gasteiger partial charge in [-0.1, -0.05) is 0 Å². The summed E-state index contributed by atoms with van der Waals surface area (Å²) in [7, 11) is -3.38. The number of aryl methyl sites for hydroxylation is 1. The highest BCUT2D eigenvalue weighted by Gasteiger charge is 2.22. The number of sulfone groups is 1. The van der Waals surface area contributed by atoms with Crippen LogP contribution >= 0.6 is 0 Å². The Morgan fingerprint density at radius 3 is 2.88 bits per heavy atom. The van der Waals surface area contributed by atoms with Crippen molar-refractivity contribution in [3.63, 3.8) is 0 Å². The van der Waals surface area contributed by atoms with Gasteiger partial charge >= 0.3 is 0 Å². The van der Waals surface area contributed by atoms with Crippen molar-refractivity contribution in [2.45, 2.75) is 31.6 Å². The third-order valence-electron chi connectivity index (χ3n) is 4.40. The second-order valence-corrected chi connectivity index (χ2v) is 8.20. The van der Waals surface area contributed by atoms with Crippen molar-refractivity contribution in [2.75, 3.05) is 12.8 Å². The molecule has 0 bridgehead atoms. The van der Waals surface area contributed by atoms with Crippen LogP contribution in [0, 0.1) is 6.92 Å². The van der Waals surface area contributed by atoms with E-state index in [1.807, 2.05) is 23.6 Å². The first kappa shape index (κ1) is 16.1. The number of imidazole rings is 1. The molecular weight excluding hydrogens is 340 g/mol. The van der Waals surface area contributed by atoms with Crippen molar-refractivity contribution >= 4 is 15.6 Å². The Balaban J connectivity index is 1.59. The van der Waals surface area contributed by atoms with Gasteiger partial charge in [0.15, 0.2) is 0 Å². The standard InChI is InChI=1S/C16H18N6O2S/c1-11-14(22-6-3-5-17-15(22)19-11)10-21-7-4-13-12(9-21)8-18-16(20-13)25(2,23)24/h3,5-6,8H,4,7,9-10H2,1-2H3. The number of hydrogen-bond acceptors (Lipinski definition) is 7. The lowest BCUT2D eigenvalue weighted by atomic mass is 10.1. The molecule has 0 radical (unpaired) electrons. The second-order valence-electron chi connectivity index (χ2n) is 6.29. The molecule has 0 atom stereocenters. The lowest BCUT2D eigenvalue weighted by Crippen LogP contribution is -2.32. The number of fused-ring (bicyclic) bond motifs is 2. The summed E-state index contributed by atoms with van der Waals surface area (Å²) in [6, 6.07) is 1.89. The van der Waals surface area contributed by atoms with Gasteiger partial charge in [-0.05, 0) is 13.0 Å². The smallest absolute Gasteiger partial charge is 0.246 e. The summed E-state index contributed by atoms with van der Waals surface area (Å²) in [6.45, 7) is 4.22. The van der Waals surface area contributed by atoms with Crippen LogP contribution in [0.3, 0.4) is 0 Å². The van der Waals surface area contributed by atoms with Crippen LogP contribution in [-0.4, -0.2) is 50.5 Å². The summed E-state index contributed by atoms with van der Waals surface area (Å²) < 4.78 is 25.2. The number of hydrogen-bond donors (Lipinski definition) is 0. The Kier molecular flexibility index (Phi) is 3.77. The van der Waals surface area contributed by atoms with Gasteiger partial charge in [-0.25, -0.2) is 28.4 Å². The molecule has 4 heterocycles. The molecule has 0 amide bonds. The summed E-state index contributed by atoms with van der Waals surface area (Å²) >= 11 is 0. The van der Waals surface area contributed by atoms with Crippen molar-refractivity contribution in [3.8, 4) is 0 Å². The van der Waals surface area contributed by atoms with Crippen LogP contribution in [0.25, 0.3) is 5.78 Å². The maximum atomic E-state index is 11.6. The van der Waals surface area contributed by atoms with Crippen molar-refractivity contribution < 1.29 is 8.42 Å². The summed E-state index contributed by atoms with van der Waals surface area (Å²) in [5.41, 5.74) is 3.87. The van der Waals surface area contributed by atoms with Gasteiger partial charge in [0.2, 0.25) is 20.8 Å². The van der Waals surface area contributed by atoms with Crippen LogP contribution in [0.4, 0.5) is 0 Å². The van der Waals surface area contributed by atoms with Crippen LogP contribution in [0.1, 0.15) is 22.6 Å². The molecule has 0 aliphatic carbocycles. The Bertz CT molecular complexity index is 1060. The van der Waals surface area contributed by atoms with Gasteiger partial charge in [-0.15, -0.1) is 0 Å². The van der Waals surface area contributed by atoms with Gasteiger partial charge in [0.1, 0.15) is 0 Å². The summed E-state index contributed by atoms with van der Waals surface area (Å²) in [4.78, 5) is 19.3. The van der Waals surface area contributed by atoms with Gasteiger partial charge in [0.05, 0.1) is 17.1 Å². The van der Waals surface area contributed by atoms with Crippen molar-refractivity contribution in [1.29, 1.82) is 0 Å². The van der Waals surface area contributed by atoms with Crippen LogP contribution in [0.15, 0.2) is 29.8 Å². The van der Waals surface area contributed by atoms with E-state index in [2.05, 4.69) is 24.8 Å². The van der Waals surface area contributed by atoms with Gasteiger partial charge < -0.3 is 0 Å². The first-order valence-electron chi connectivity index (χ1n) is 7.97. The third kappa shape index (κ3) is 3.00. The lowest BCUT2D eigenvalue weighted by molar-refractivity contribution is 0.238. The molecule has 9 heteroatoms. The maximum absolute atomic E-state index is 11.6. The molecule has 0 N–H and O–H groups in total. The lowest BCUT2D eigenvalue weighted by Gasteiger charge is -2.27. The van der Waals surface area contributed by atoms with Crippen molar-refractivity contribution in [3.05, 3.63) is 47.3 Å². The highest BCUT2D eigenvalue weighted by atomic mass is 32.2. The third-order valence-corrected chi connectivity index (χ3v) is 5.26. The molecule has 0 saturated carbocycles. The average molecular weight is 358 g/mol. The zero-order chi connectivity index (χ0) is 17.6. The zero-order valence-electron chi connectivity index (χ0n) is 14.0. The summed E-state index contributed by atoms with van der Waals surface area (Å²) in [5.74, 6) is 0.702.